The van der Waals surface area contributed by atoms with E-state index < -0.39 is 4.92 Å². The highest BCUT2D eigenvalue weighted by atomic mass is 79.9. The zero-order valence-corrected chi connectivity index (χ0v) is 13.9. The summed E-state index contributed by atoms with van der Waals surface area (Å²) in [5, 5.41) is 12.1. The highest BCUT2D eigenvalue weighted by Crippen LogP contribution is 2.36. The second-order valence-corrected chi connectivity index (χ2v) is 5.77. The normalized spacial score (nSPS) is 10.3. The Hall–Kier alpha value is -1.11. The minimum Gasteiger partial charge on any atom is -0.450 e. The number of alkyl halides is 1. The predicted octanol–water partition coefficient (Wildman–Crippen LogP) is 5.70. The fourth-order valence-electron chi connectivity index (χ4n) is 1.57. The fraction of sp³-hybridized carbons (Fsp3) is 0.0769. The molecular weight excluding hydrogens is 413 g/mol. The number of nitro groups is 1. The number of nitro benzene ring substituents is 1. The predicted molar refractivity (Wildman–Crippen MR) is 85.0 cm³/mol. The smallest absolute Gasteiger partial charge is 0.312 e. The lowest BCUT2D eigenvalue weighted by atomic mass is 10.2. The molecule has 0 bridgehead atoms. The number of benzene rings is 2. The summed E-state index contributed by atoms with van der Waals surface area (Å²) < 4.78 is 6.27. The maximum Gasteiger partial charge on any atom is 0.312 e. The first-order chi connectivity index (χ1) is 9.51. The first-order valence-electron chi connectivity index (χ1n) is 5.47. The molecule has 0 atom stereocenters. The lowest BCUT2D eigenvalue weighted by molar-refractivity contribution is -0.385. The first-order valence-corrected chi connectivity index (χ1v) is 7.76. The van der Waals surface area contributed by atoms with Gasteiger partial charge in [0.2, 0.25) is 5.75 Å². The van der Waals surface area contributed by atoms with Crippen LogP contribution < -0.4 is 4.74 Å². The van der Waals surface area contributed by atoms with E-state index in [9.17, 15) is 10.1 Å². The average molecular weight is 421 g/mol. The van der Waals surface area contributed by atoms with E-state index in [1.54, 1.807) is 30.3 Å². The molecule has 0 N–H and O–H groups in total. The van der Waals surface area contributed by atoms with Gasteiger partial charge in [-0.3, -0.25) is 10.1 Å². The molecule has 20 heavy (non-hydrogen) atoms. The minimum atomic E-state index is -0.488. The Morgan fingerprint density at radius 2 is 1.95 bits per heavy atom. The second-order valence-electron chi connectivity index (χ2n) is 3.86. The molecule has 0 amide bonds. The number of nitrogens with zero attached hydrogens (tertiary/aromatic N) is 1. The minimum absolute atomic E-state index is 0.111. The Balaban J connectivity index is 2.44. The molecule has 0 aliphatic rings. The van der Waals surface area contributed by atoms with Crippen LogP contribution >= 0.6 is 43.5 Å². The van der Waals surface area contributed by atoms with E-state index in [1.807, 2.05) is 0 Å². The molecule has 0 heterocycles. The fourth-order valence-corrected chi connectivity index (χ4v) is 2.55. The van der Waals surface area contributed by atoms with Crippen LogP contribution in [0.1, 0.15) is 5.56 Å². The van der Waals surface area contributed by atoms with E-state index in [2.05, 4.69) is 31.9 Å². The molecule has 0 saturated heterocycles. The van der Waals surface area contributed by atoms with E-state index in [4.69, 9.17) is 16.3 Å². The summed E-state index contributed by atoms with van der Waals surface area (Å²) in [4.78, 5) is 10.6. The molecule has 0 aromatic heterocycles. The largest absolute Gasteiger partial charge is 0.450 e. The van der Waals surface area contributed by atoms with Crippen LogP contribution in [0.25, 0.3) is 0 Å². The van der Waals surface area contributed by atoms with E-state index in [-0.39, 0.29) is 11.4 Å². The summed E-state index contributed by atoms with van der Waals surface area (Å²) in [6.45, 7) is 0. The number of ether oxygens (including phenoxy) is 1. The summed E-state index contributed by atoms with van der Waals surface area (Å²) >= 11 is 12.5. The number of halogens is 3. The lowest BCUT2D eigenvalue weighted by Gasteiger charge is -2.10. The first kappa shape index (κ1) is 15.3. The van der Waals surface area contributed by atoms with Crippen LogP contribution in [0.2, 0.25) is 5.02 Å². The van der Waals surface area contributed by atoms with Crippen molar-refractivity contribution in [1.29, 1.82) is 0 Å². The highest BCUT2D eigenvalue weighted by Gasteiger charge is 2.17. The van der Waals surface area contributed by atoms with Crippen LogP contribution in [0.4, 0.5) is 5.69 Å². The van der Waals surface area contributed by atoms with Gasteiger partial charge in [0.15, 0.2) is 0 Å². The van der Waals surface area contributed by atoms with E-state index in [0.29, 0.717) is 20.6 Å². The SMILES string of the molecule is O=[N+]([O-])c1cc(Br)ccc1Oc1cc(Cl)ccc1CBr. The molecule has 2 aromatic carbocycles. The Bertz CT molecular complexity index is 664. The second kappa shape index (κ2) is 6.56. The maximum absolute atomic E-state index is 11.1. The van der Waals surface area contributed by atoms with Crippen molar-refractivity contribution >= 4 is 49.1 Å². The van der Waals surface area contributed by atoms with Gasteiger partial charge in [0, 0.05) is 26.5 Å². The topological polar surface area (TPSA) is 52.4 Å². The van der Waals surface area contributed by atoms with Gasteiger partial charge in [-0.15, -0.1) is 0 Å². The third-order valence-corrected chi connectivity index (χ3v) is 3.84. The zero-order chi connectivity index (χ0) is 14.7. The molecule has 0 fully saturated rings. The van der Waals surface area contributed by atoms with Crippen LogP contribution in [0.5, 0.6) is 11.5 Å². The summed E-state index contributed by atoms with van der Waals surface area (Å²) in [7, 11) is 0. The van der Waals surface area contributed by atoms with E-state index >= 15 is 0 Å². The van der Waals surface area contributed by atoms with Crippen molar-refractivity contribution < 1.29 is 9.66 Å². The highest BCUT2D eigenvalue weighted by molar-refractivity contribution is 9.10. The van der Waals surface area contributed by atoms with Crippen LogP contribution in [0, 0.1) is 10.1 Å². The average Bonchev–Trinajstić information content (AvgIpc) is 2.41. The van der Waals surface area contributed by atoms with Crippen molar-refractivity contribution in [3.8, 4) is 11.5 Å². The molecule has 2 aromatic rings. The van der Waals surface area contributed by atoms with Crippen molar-refractivity contribution in [3.05, 3.63) is 61.6 Å². The molecule has 7 heteroatoms. The van der Waals surface area contributed by atoms with Crippen molar-refractivity contribution in [2.24, 2.45) is 0 Å². The number of rotatable bonds is 4. The zero-order valence-electron chi connectivity index (χ0n) is 9.98. The van der Waals surface area contributed by atoms with Gasteiger partial charge < -0.3 is 4.74 Å². The third kappa shape index (κ3) is 3.50. The van der Waals surface area contributed by atoms with Gasteiger partial charge in [0.1, 0.15) is 5.75 Å². The molecule has 4 nitrogen and oxygen atoms in total. The summed E-state index contributed by atoms with van der Waals surface area (Å²) in [5.41, 5.74) is 0.742. The lowest BCUT2D eigenvalue weighted by Crippen LogP contribution is -1.95. The van der Waals surface area contributed by atoms with Crippen molar-refractivity contribution in [3.63, 3.8) is 0 Å². The molecule has 0 aliphatic carbocycles. The standard InChI is InChI=1S/C13H8Br2ClNO3/c14-7-8-1-3-10(16)6-13(8)20-12-4-2-9(15)5-11(12)17(18)19/h1-6H,7H2. The Morgan fingerprint density at radius 3 is 2.60 bits per heavy atom. The van der Waals surface area contributed by atoms with Gasteiger partial charge in [-0.1, -0.05) is 49.5 Å². The van der Waals surface area contributed by atoms with Crippen LogP contribution in [0.3, 0.4) is 0 Å². The molecule has 0 radical (unpaired) electrons. The van der Waals surface area contributed by atoms with Crippen molar-refractivity contribution in [1.82, 2.24) is 0 Å². The van der Waals surface area contributed by atoms with E-state index in [1.165, 1.54) is 6.07 Å². The van der Waals surface area contributed by atoms with Crippen LogP contribution in [0.15, 0.2) is 40.9 Å². The number of hydrogen-bond donors (Lipinski definition) is 0. The summed E-state index contributed by atoms with van der Waals surface area (Å²) in [6, 6.07) is 9.79. The van der Waals surface area contributed by atoms with Gasteiger partial charge in [0.05, 0.1) is 4.92 Å². The van der Waals surface area contributed by atoms with Gasteiger partial charge in [0.25, 0.3) is 0 Å². The molecule has 2 rings (SSSR count). The van der Waals surface area contributed by atoms with Gasteiger partial charge in [-0.25, -0.2) is 0 Å². The Labute approximate surface area is 137 Å². The Morgan fingerprint density at radius 1 is 1.20 bits per heavy atom. The molecule has 0 unspecified atom stereocenters. The third-order valence-electron chi connectivity index (χ3n) is 2.51. The summed E-state index contributed by atoms with van der Waals surface area (Å²) in [6.07, 6.45) is 0. The quantitative estimate of drug-likeness (QED) is 0.362. The van der Waals surface area contributed by atoms with Crippen LogP contribution in [-0.2, 0) is 5.33 Å². The molecule has 0 saturated carbocycles. The monoisotopic (exact) mass is 419 g/mol. The van der Waals surface area contributed by atoms with Gasteiger partial charge >= 0.3 is 5.69 Å². The molecule has 104 valence electrons. The van der Waals surface area contributed by atoms with Gasteiger partial charge in [-0.2, -0.15) is 0 Å². The van der Waals surface area contributed by atoms with E-state index in [0.717, 1.165) is 5.56 Å². The molecule has 0 spiro atoms. The van der Waals surface area contributed by atoms with Crippen LogP contribution in [-0.4, -0.2) is 4.92 Å². The molecular formula is C13H8Br2ClNO3. The summed E-state index contributed by atoms with van der Waals surface area (Å²) in [5.74, 6) is 0.655. The van der Waals surface area contributed by atoms with Crippen molar-refractivity contribution in [2.75, 3.05) is 0 Å². The van der Waals surface area contributed by atoms with Gasteiger partial charge in [-0.05, 0) is 24.3 Å². The molecule has 0 aliphatic heterocycles. The number of hydrogen-bond acceptors (Lipinski definition) is 3. The maximum atomic E-state index is 11.1. The van der Waals surface area contributed by atoms with Crippen molar-refractivity contribution in [2.45, 2.75) is 5.33 Å². The Kier molecular flexibility index (Phi) is 5.01.